The van der Waals surface area contributed by atoms with E-state index in [0.29, 0.717) is 12.2 Å². The Morgan fingerprint density at radius 2 is 2.20 bits per heavy atom. The van der Waals surface area contributed by atoms with Crippen LogP contribution in [0.4, 0.5) is 0 Å². The number of carbonyl (C=O) groups excluding carboxylic acids is 1. The van der Waals surface area contributed by atoms with E-state index in [0.717, 1.165) is 50.3 Å². The number of nitrogens with one attached hydrogen (secondary N) is 1. The van der Waals surface area contributed by atoms with Gasteiger partial charge in [-0.25, -0.2) is 0 Å². The van der Waals surface area contributed by atoms with Gasteiger partial charge in [0.25, 0.3) is 5.91 Å². The third kappa shape index (κ3) is 4.33. The van der Waals surface area contributed by atoms with Crippen LogP contribution in [0.1, 0.15) is 23.8 Å². The monoisotopic (exact) mass is 343 g/mol. The summed E-state index contributed by atoms with van der Waals surface area (Å²) in [6.07, 6.45) is 2.91. The van der Waals surface area contributed by atoms with Crippen LogP contribution in [0.25, 0.3) is 0 Å². The molecule has 1 aliphatic heterocycles. The van der Waals surface area contributed by atoms with E-state index < -0.39 is 0 Å². The van der Waals surface area contributed by atoms with Crippen molar-refractivity contribution in [3.05, 3.63) is 22.4 Å². The third-order valence-corrected chi connectivity index (χ3v) is 3.91. The van der Waals surface area contributed by atoms with Crippen molar-refractivity contribution in [1.29, 1.82) is 0 Å². The third-order valence-electron chi connectivity index (χ3n) is 3.48. The van der Waals surface area contributed by atoms with Crippen molar-refractivity contribution >= 4 is 21.8 Å². The predicted molar refractivity (Wildman–Crippen MR) is 82.0 cm³/mol. The van der Waals surface area contributed by atoms with Crippen molar-refractivity contribution in [2.24, 2.45) is 0 Å². The summed E-state index contributed by atoms with van der Waals surface area (Å²) in [6.45, 7) is 8.20. The normalized spacial score (nSPS) is 16.3. The Bertz CT molecular complexity index is 442. The lowest BCUT2D eigenvalue weighted by Gasteiger charge is -2.26. The van der Waals surface area contributed by atoms with E-state index in [1.54, 1.807) is 0 Å². The van der Waals surface area contributed by atoms with Gasteiger partial charge < -0.3 is 14.6 Å². The predicted octanol–water partition coefficient (Wildman–Crippen LogP) is 1.72. The summed E-state index contributed by atoms with van der Waals surface area (Å²) in [5.41, 5.74) is 0.714. The first-order chi connectivity index (χ1) is 9.70. The van der Waals surface area contributed by atoms with Crippen LogP contribution in [0.3, 0.4) is 0 Å². The number of aromatic nitrogens is 1. The highest BCUT2D eigenvalue weighted by Gasteiger charge is 2.12. The molecular weight excluding hydrogens is 322 g/mol. The van der Waals surface area contributed by atoms with Gasteiger partial charge in [0, 0.05) is 36.8 Å². The molecule has 0 bridgehead atoms. The van der Waals surface area contributed by atoms with Gasteiger partial charge in [-0.2, -0.15) is 0 Å². The fraction of sp³-hybridized carbons (Fsp3) is 0.643. The lowest BCUT2D eigenvalue weighted by atomic mass is 10.3. The smallest absolute Gasteiger partial charge is 0.267 e. The molecule has 0 spiro atoms. The molecule has 112 valence electrons. The number of aryl methyl sites for hydroxylation is 1. The molecule has 0 radical (unpaired) electrons. The Balaban J connectivity index is 1.71. The van der Waals surface area contributed by atoms with Crippen molar-refractivity contribution in [3.8, 4) is 0 Å². The number of nitrogens with zero attached hydrogens (tertiary/aromatic N) is 2. The van der Waals surface area contributed by atoms with E-state index in [1.165, 1.54) is 0 Å². The second-order valence-electron chi connectivity index (χ2n) is 4.89. The molecule has 1 saturated heterocycles. The summed E-state index contributed by atoms with van der Waals surface area (Å²) < 4.78 is 8.20. The molecular formula is C14H22BrN3O2. The fourth-order valence-electron chi connectivity index (χ4n) is 2.35. The van der Waals surface area contributed by atoms with Crippen LogP contribution in [-0.2, 0) is 11.3 Å². The summed E-state index contributed by atoms with van der Waals surface area (Å²) in [7, 11) is 0. The second kappa shape index (κ2) is 7.81. The molecule has 1 N–H and O–H groups in total. The van der Waals surface area contributed by atoms with E-state index in [2.05, 4.69) is 26.1 Å². The van der Waals surface area contributed by atoms with Gasteiger partial charge in [0.1, 0.15) is 5.69 Å². The zero-order valence-corrected chi connectivity index (χ0v) is 13.5. The highest BCUT2D eigenvalue weighted by atomic mass is 79.9. The van der Waals surface area contributed by atoms with Gasteiger partial charge in [0.05, 0.1) is 13.2 Å². The lowest BCUT2D eigenvalue weighted by molar-refractivity contribution is 0.0374. The number of hydrogen-bond donors (Lipinski definition) is 1. The lowest BCUT2D eigenvalue weighted by Crippen LogP contribution is -2.38. The zero-order chi connectivity index (χ0) is 14.4. The number of hydrogen-bond acceptors (Lipinski definition) is 3. The average molecular weight is 344 g/mol. The summed E-state index contributed by atoms with van der Waals surface area (Å²) in [4.78, 5) is 14.5. The molecule has 20 heavy (non-hydrogen) atoms. The highest BCUT2D eigenvalue weighted by Crippen LogP contribution is 2.14. The molecule has 0 aromatic carbocycles. The van der Waals surface area contributed by atoms with E-state index in [1.807, 2.05) is 23.8 Å². The first-order valence-electron chi connectivity index (χ1n) is 7.14. The Hall–Kier alpha value is -0.850. The minimum atomic E-state index is -0.000438. The molecule has 1 aromatic rings. The topological polar surface area (TPSA) is 46.5 Å². The van der Waals surface area contributed by atoms with Gasteiger partial charge in [-0.05, 0) is 41.9 Å². The van der Waals surface area contributed by atoms with Crippen LogP contribution in [0.15, 0.2) is 16.7 Å². The van der Waals surface area contributed by atoms with Crippen molar-refractivity contribution in [2.45, 2.75) is 19.9 Å². The summed E-state index contributed by atoms with van der Waals surface area (Å²) in [5.74, 6) is -0.000438. The fourth-order valence-corrected chi connectivity index (χ4v) is 2.81. The van der Waals surface area contributed by atoms with Gasteiger partial charge in [-0.1, -0.05) is 0 Å². The number of amides is 1. The van der Waals surface area contributed by atoms with Crippen LogP contribution in [0, 0.1) is 0 Å². The minimum absolute atomic E-state index is 0.000438. The molecule has 1 aromatic heterocycles. The molecule has 0 atom stereocenters. The average Bonchev–Trinajstić information content (AvgIpc) is 2.86. The van der Waals surface area contributed by atoms with E-state index in [-0.39, 0.29) is 5.91 Å². The van der Waals surface area contributed by atoms with Gasteiger partial charge >= 0.3 is 0 Å². The number of ether oxygens (including phenoxy) is 1. The Kier molecular flexibility index (Phi) is 6.06. The molecule has 6 heteroatoms. The zero-order valence-electron chi connectivity index (χ0n) is 11.9. The maximum absolute atomic E-state index is 12.1. The van der Waals surface area contributed by atoms with Crippen LogP contribution in [0.2, 0.25) is 0 Å². The molecule has 5 nitrogen and oxygen atoms in total. The molecule has 2 heterocycles. The Morgan fingerprint density at radius 3 is 2.90 bits per heavy atom. The molecule has 0 unspecified atom stereocenters. The van der Waals surface area contributed by atoms with Gasteiger partial charge in [-0.15, -0.1) is 0 Å². The summed E-state index contributed by atoms with van der Waals surface area (Å²) in [6, 6.07) is 1.86. The van der Waals surface area contributed by atoms with Crippen molar-refractivity contribution in [3.63, 3.8) is 0 Å². The number of morpholine rings is 1. The molecule has 1 fully saturated rings. The van der Waals surface area contributed by atoms with Gasteiger partial charge in [-0.3, -0.25) is 9.69 Å². The van der Waals surface area contributed by atoms with E-state index in [9.17, 15) is 4.79 Å². The molecule has 2 rings (SSSR count). The standard InChI is InChI=1S/C14H22BrN3O2/c1-2-18-11-12(15)10-13(18)14(19)16-4-3-5-17-6-8-20-9-7-17/h10-11H,2-9H2,1H3,(H,16,19). The molecule has 0 saturated carbocycles. The minimum Gasteiger partial charge on any atom is -0.379 e. The maximum atomic E-state index is 12.1. The molecule has 1 amide bonds. The molecule has 1 aliphatic rings. The van der Waals surface area contributed by atoms with Crippen LogP contribution < -0.4 is 5.32 Å². The van der Waals surface area contributed by atoms with Gasteiger partial charge in [0.15, 0.2) is 0 Å². The second-order valence-corrected chi connectivity index (χ2v) is 5.81. The van der Waals surface area contributed by atoms with Gasteiger partial charge in [0.2, 0.25) is 0 Å². The molecule has 0 aliphatic carbocycles. The summed E-state index contributed by atoms with van der Waals surface area (Å²) >= 11 is 3.41. The first kappa shape index (κ1) is 15.5. The number of carbonyl (C=O) groups is 1. The largest absolute Gasteiger partial charge is 0.379 e. The SMILES string of the molecule is CCn1cc(Br)cc1C(=O)NCCCN1CCOCC1. The van der Waals surface area contributed by atoms with Crippen LogP contribution in [-0.4, -0.2) is 54.8 Å². The Labute approximate surface area is 128 Å². The quantitative estimate of drug-likeness (QED) is 0.800. The maximum Gasteiger partial charge on any atom is 0.267 e. The van der Waals surface area contributed by atoms with E-state index in [4.69, 9.17) is 4.74 Å². The number of rotatable bonds is 6. The van der Waals surface area contributed by atoms with Crippen molar-refractivity contribution in [1.82, 2.24) is 14.8 Å². The highest BCUT2D eigenvalue weighted by molar-refractivity contribution is 9.10. The summed E-state index contributed by atoms with van der Waals surface area (Å²) in [5, 5.41) is 2.99. The van der Waals surface area contributed by atoms with E-state index >= 15 is 0 Å². The van der Waals surface area contributed by atoms with Crippen molar-refractivity contribution in [2.75, 3.05) is 39.4 Å². The Morgan fingerprint density at radius 1 is 1.45 bits per heavy atom. The van der Waals surface area contributed by atoms with Crippen LogP contribution >= 0.6 is 15.9 Å². The first-order valence-corrected chi connectivity index (χ1v) is 7.94. The van der Waals surface area contributed by atoms with Crippen molar-refractivity contribution < 1.29 is 9.53 Å². The van der Waals surface area contributed by atoms with Crippen LogP contribution in [0.5, 0.6) is 0 Å². The number of halogens is 1.